The monoisotopic (exact) mass is 270 g/mol. The van der Waals surface area contributed by atoms with Crippen molar-refractivity contribution in [3.63, 3.8) is 0 Å². The minimum atomic E-state index is -0.250. The van der Waals surface area contributed by atoms with Crippen molar-refractivity contribution >= 4 is 0 Å². The number of ether oxygens (including phenoxy) is 2. The number of nitrogens with two attached hydrogens (primary N) is 1. The van der Waals surface area contributed by atoms with E-state index in [0.29, 0.717) is 12.6 Å². The van der Waals surface area contributed by atoms with Crippen LogP contribution in [0.1, 0.15) is 45.4 Å². The lowest BCUT2D eigenvalue weighted by Gasteiger charge is -2.46. The molecule has 2 N–H and O–H groups in total. The van der Waals surface area contributed by atoms with Crippen molar-refractivity contribution in [2.75, 3.05) is 27.3 Å². The van der Waals surface area contributed by atoms with Gasteiger partial charge in [0.05, 0.1) is 5.54 Å². The molecule has 0 aromatic rings. The molecule has 4 heteroatoms. The minimum Gasteiger partial charge on any atom is -0.354 e. The normalized spacial score (nSPS) is 29.2. The molecule has 0 bridgehead atoms. The lowest BCUT2D eigenvalue weighted by molar-refractivity contribution is -0.186. The summed E-state index contributed by atoms with van der Waals surface area (Å²) in [6.07, 6.45) is 7.88. The van der Waals surface area contributed by atoms with Gasteiger partial charge in [0.15, 0.2) is 6.29 Å². The van der Waals surface area contributed by atoms with Gasteiger partial charge in [0.25, 0.3) is 0 Å². The highest BCUT2D eigenvalue weighted by molar-refractivity contribution is 4.99. The van der Waals surface area contributed by atoms with Crippen LogP contribution in [0.2, 0.25) is 0 Å². The summed E-state index contributed by atoms with van der Waals surface area (Å²) in [5.74, 6) is 0.850. The van der Waals surface area contributed by atoms with Crippen LogP contribution in [0.5, 0.6) is 0 Å². The number of nitrogens with zero attached hydrogens (tertiary/aromatic N) is 1. The van der Waals surface area contributed by atoms with Gasteiger partial charge in [-0.15, -0.1) is 0 Å². The molecule has 1 saturated carbocycles. The first kappa shape index (κ1) is 15.2. The van der Waals surface area contributed by atoms with E-state index in [1.165, 1.54) is 38.5 Å². The Bertz CT molecular complexity index is 277. The predicted octanol–water partition coefficient (Wildman–Crippen LogP) is 1.98. The molecule has 19 heavy (non-hydrogen) atoms. The summed E-state index contributed by atoms with van der Waals surface area (Å²) in [5.41, 5.74) is 5.88. The molecule has 0 aromatic carbocycles. The van der Waals surface area contributed by atoms with E-state index in [1.807, 2.05) is 0 Å². The van der Waals surface area contributed by atoms with Crippen molar-refractivity contribution in [2.45, 2.75) is 63.3 Å². The molecule has 2 unspecified atom stereocenters. The molecule has 2 fully saturated rings. The smallest absolute Gasteiger partial charge is 0.176 e. The summed E-state index contributed by atoms with van der Waals surface area (Å²) in [4.78, 5) is 2.58. The van der Waals surface area contributed by atoms with E-state index in [4.69, 9.17) is 15.2 Å². The highest BCUT2D eigenvalue weighted by Gasteiger charge is 2.46. The molecular formula is C15H30N2O2. The Morgan fingerprint density at radius 3 is 2.32 bits per heavy atom. The van der Waals surface area contributed by atoms with Crippen LogP contribution in [0, 0.1) is 5.92 Å². The second-order valence-corrected chi connectivity index (χ2v) is 6.31. The third-order valence-electron chi connectivity index (χ3n) is 5.25. The first-order valence-corrected chi connectivity index (χ1v) is 7.69. The Morgan fingerprint density at radius 1 is 1.16 bits per heavy atom. The fourth-order valence-corrected chi connectivity index (χ4v) is 4.21. The maximum absolute atomic E-state index is 6.10. The zero-order valence-corrected chi connectivity index (χ0v) is 12.7. The van der Waals surface area contributed by atoms with Crippen molar-refractivity contribution in [3.05, 3.63) is 0 Å². The quantitative estimate of drug-likeness (QED) is 0.750. The van der Waals surface area contributed by atoms with E-state index >= 15 is 0 Å². The zero-order chi connectivity index (χ0) is 13.9. The number of rotatable bonds is 6. The highest BCUT2D eigenvalue weighted by Crippen LogP contribution is 2.39. The summed E-state index contributed by atoms with van der Waals surface area (Å²) >= 11 is 0. The van der Waals surface area contributed by atoms with Crippen LogP contribution < -0.4 is 5.73 Å². The van der Waals surface area contributed by atoms with Gasteiger partial charge < -0.3 is 15.2 Å². The van der Waals surface area contributed by atoms with Gasteiger partial charge in [-0.2, -0.15) is 0 Å². The zero-order valence-electron chi connectivity index (χ0n) is 12.7. The van der Waals surface area contributed by atoms with Gasteiger partial charge in [-0.25, -0.2) is 0 Å². The Kier molecular flexibility index (Phi) is 5.23. The van der Waals surface area contributed by atoms with Crippen molar-refractivity contribution in [1.29, 1.82) is 0 Å². The summed E-state index contributed by atoms with van der Waals surface area (Å²) < 4.78 is 11.1. The SMILES string of the molecule is COC(OC)C(C)(CN)N1CCCC1C1CCCC1. The van der Waals surface area contributed by atoms with Crippen molar-refractivity contribution in [3.8, 4) is 0 Å². The van der Waals surface area contributed by atoms with Crippen molar-refractivity contribution < 1.29 is 9.47 Å². The molecule has 2 rings (SSSR count). The maximum Gasteiger partial charge on any atom is 0.176 e. The van der Waals surface area contributed by atoms with Crippen LogP contribution in [0.3, 0.4) is 0 Å². The Labute approximate surface area is 117 Å². The van der Waals surface area contributed by atoms with E-state index in [9.17, 15) is 0 Å². The van der Waals surface area contributed by atoms with Crippen LogP contribution in [0.15, 0.2) is 0 Å². The van der Waals surface area contributed by atoms with E-state index in [2.05, 4.69) is 11.8 Å². The van der Waals surface area contributed by atoms with Crippen LogP contribution in [-0.4, -0.2) is 50.1 Å². The van der Waals surface area contributed by atoms with E-state index in [1.54, 1.807) is 14.2 Å². The average Bonchev–Trinajstić information content (AvgIpc) is 3.10. The molecule has 4 nitrogen and oxygen atoms in total. The molecular weight excluding hydrogens is 240 g/mol. The van der Waals surface area contributed by atoms with E-state index < -0.39 is 0 Å². The highest BCUT2D eigenvalue weighted by atomic mass is 16.7. The molecule has 1 aliphatic carbocycles. The van der Waals surface area contributed by atoms with Gasteiger partial charge in [0.2, 0.25) is 0 Å². The second kappa shape index (κ2) is 6.53. The topological polar surface area (TPSA) is 47.7 Å². The molecule has 0 spiro atoms. The fourth-order valence-electron chi connectivity index (χ4n) is 4.21. The number of likely N-dealkylation sites (tertiary alicyclic amines) is 1. The molecule has 0 radical (unpaired) electrons. The summed E-state index contributed by atoms with van der Waals surface area (Å²) in [7, 11) is 3.42. The van der Waals surface area contributed by atoms with Gasteiger partial charge in [-0.05, 0) is 45.1 Å². The lowest BCUT2D eigenvalue weighted by atomic mass is 9.91. The first-order chi connectivity index (χ1) is 9.17. The Morgan fingerprint density at radius 2 is 1.79 bits per heavy atom. The molecule has 112 valence electrons. The summed E-state index contributed by atoms with van der Waals surface area (Å²) in [6.45, 7) is 3.89. The Hall–Kier alpha value is -0.160. The van der Waals surface area contributed by atoms with Crippen LogP contribution >= 0.6 is 0 Å². The standard InChI is InChI=1S/C15H30N2O2/c1-15(11-16,14(18-2)19-3)17-10-6-9-13(17)12-7-4-5-8-12/h12-14H,4-11,16H2,1-3H3. The van der Waals surface area contributed by atoms with Gasteiger partial charge in [0.1, 0.15) is 0 Å². The summed E-state index contributed by atoms with van der Waals surface area (Å²) in [5, 5.41) is 0. The first-order valence-electron chi connectivity index (χ1n) is 7.69. The second-order valence-electron chi connectivity index (χ2n) is 6.31. The van der Waals surface area contributed by atoms with Crippen LogP contribution in [0.25, 0.3) is 0 Å². The third-order valence-corrected chi connectivity index (χ3v) is 5.25. The largest absolute Gasteiger partial charge is 0.354 e. The third kappa shape index (κ3) is 2.82. The van der Waals surface area contributed by atoms with E-state index in [-0.39, 0.29) is 11.8 Å². The van der Waals surface area contributed by atoms with Crippen molar-refractivity contribution in [2.24, 2.45) is 11.7 Å². The molecule has 2 atom stereocenters. The van der Waals surface area contributed by atoms with Gasteiger partial charge in [-0.3, -0.25) is 4.90 Å². The van der Waals surface area contributed by atoms with Crippen LogP contribution in [-0.2, 0) is 9.47 Å². The molecule has 1 saturated heterocycles. The summed E-state index contributed by atoms with van der Waals surface area (Å²) in [6, 6.07) is 0.670. The molecule has 1 heterocycles. The van der Waals surface area contributed by atoms with Crippen molar-refractivity contribution in [1.82, 2.24) is 4.90 Å². The molecule has 2 aliphatic rings. The maximum atomic E-state index is 6.10. The predicted molar refractivity (Wildman–Crippen MR) is 77.0 cm³/mol. The number of hydrogen-bond donors (Lipinski definition) is 1. The number of hydrogen-bond acceptors (Lipinski definition) is 4. The van der Waals surface area contributed by atoms with E-state index in [0.717, 1.165) is 12.5 Å². The van der Waals surface area contributed by atoms with Crippen LogP contribution in [0.4, 0.5) is 0 Å². The molecule has 0 amide bonds. The van der Waals surface area contributed by atoms with Gasteiger partial charge in [-0.1, -0.05) is 12.8 Å². The minimum absolute atomic E-state index is 0.215. The average molecular weight is 270 g/mol. The fraction of sp³-hybridized carbons (Fsp3) is 1.00. The molecule has 1 aliphatic heterocycles. The number of methoxy groups -OCH3 is 2. The molecule has 0 aromatic heterocycles. The lowest BCUT2D eigenvalue weighted by Crippen LogP contribution is -2.62. The Balaban J connectivity index is 2.15. The van der Waals surface area contributed by atoms with Gasteiger partial charge >= 0.3 is 0 Å². The van der Waals surface area contributed by atoms with Gasteiger partial charge in [0, 0.05) is 26.8 Å².